The molecule has 3 nitrogen and oxygen atoms in total. The van der Waals surface area contributed by atoms with E-state index in [0.717, 1.165) is 89.9 Å². The molecule has 4 rings (SSSR count). The van der Waals surface area contributed by atoms with Gasteiger partial charge in [-0.25, -0.2) is 4.39 Å². The number of ether oxygens (including phenoxy) is 3. The average Bonchev–Trinajstić information content (AvgIpc) is 3.04. The molecule has 0 saturated heterocycles. The molecule has 0 N–H and O–H groups in total. The Labute approximate surface area is 261 Å². The highest BCUT2D eigenvalue weighted by Gasteiger charge is 2.34. The summed E-state index contributed by atoms with van der Waals surface area (Å²) in [7, 11) is 0. The van der Waals surface area contributed by atoms with Crippen LogP contribution in [0, 0.1) is 41.0 Å². The minimum atomic E-state index is -1.05. The molecule has 7 heteroatoms. The van der Waals surface area contributed by atoms with Crippen LogP contribution in [0.5, 0.6) is 17.2 Å². The van der Waals surface area contributed by atoms with Gasteiger partial charge in [0.1, 0.15) is 5.76 Å². The Morgan fingerprint density at radius 2 is 1.11 bits per heavy atom. The van der Waals surface area contributed by atoms with Gasteiger partial charge in [0, 0.05) is 5.92 Å². The Kier molecular flexibility index (Phi) is 13.3. The lowest BCUT2D eigenvalue weighted by atomic mass is 9.68. The van der Waals surface area contributed by atoms with Gasteiger partial charge in [-0.3, -0.25) is 0 Å². The van der Waals surface area contributed by atoms with Gasteiger partial charge in [0.25, 0.3) is 0 Å². The molecule has 0 heterocycles. The van der Waals surface area contributed by atoms with Gasteiger partial charge in [0.15, 0.2) is 23.1 Å². The third-order valence-electron chi connectivity index (χ3n) is 9.70. The third-order valence-corrected chi connectivity index (χ3v) is 9.70. The first-order valence-corrected chi connectivity index (χ1v) is 16.9. The monoisotopic (exact) mass is 618 g/mol. The van der Waals surface area contributed by atoms with Crippen molar-refractivity contribution in [3.63, 3.8) is 0 Å². The number of hydrogen-bond acceptors (Lipinski definition) is 3. The second-order valence-corrected chi connectivity index (χ2v) is 12.7. The summed E-state index contributed by atoms with van der Waals surface area (Å²) in [4.78, 5) is 0. The Balaban J connectivity index is 1.21. The summed E-state index contributed by atoms with van der Waals surface area (Å²) in [6.07, 6.45) is 14.5. The first-order chi connectivity index (χ1) is 21.3. The average molecular weight is 619 g/mol. The first kappa shape index (κ1) is 34.2. The number of rotatable bonds is 16. The van der Waals surface area contributed by atoms with Crippen molar-refractivity contribution >= 4 is 0 Å². The van der Waals surface area contributed by atoms with Crippen molar-refractivity contribution in [3.05, 3.63) is 65.4 Å². The number of halogens is 4. The molecule has 2 saturated carbocycles. The van der Waals surface area contributed by atoms with Gasteiger partial charge in [-0.05, 0) is 106 Å². The second kappa shape index (κ2) is 17.1. The van der Waals surface area contributed by atoms with E-state index >= 15 is 4.39 Å². The van der Waals surface area contributed by atoms with Crippen molar-refractivity contribution in [1.82, 2.24) is 0 Å². The fourth-order valence-electron chi connectivity index (χ4n) is 6.93. The van der Waals surface area contributed by atoms with Gasteiger partial charge < -0.3 is 14.2 Å². The molecule has 244 valence electrons. The van der Waals surface area contributed by atoms with Crippen molar-refractivity contribution in [3.8, 4) is 17.2 Å². The van der Waals surface area contributed by atoms with Gasteiger partial charge in [0.05, 0.1) is 13.2 Å². The summed E-state index contributed by atoms with van der Waals surface area (Å²) < 4.78 is 75.6. The third kappa shape index (κ3) is 8.94. The Bertz CT molecular complexity index is 1200. The van der Waals surface area contributed by atoms with E-state index in [1.807, 2.05) is 6.92 Å². The summed E-state index contributed by atoms with van der Waals surface area (Å²) in [5.41, 5.74) is 0.470. The Morgan fingerprint density at radius 3 is 1.75 bits per heavy atom. The van der Waals surface area contributed by atoms with Crippen LogP contribution >= 0.6 is 0 Å². The standard InChI is InChI=1S/C37H50F4O3/c1-4-6-8-9-10-24-43-31-20-19-30(34(38)35(31)39)29-17-15-28(16-18-29)27-13-11-26(12-14-27)25(3)44-33-22-21-32(36(40)37(33)41)42-23-7-5-2/h19-22,26-29H,3-18,23-24H2,1-2H3. The van der Waals surface area contributed by atoms with Gasteiger partial charge in [-0.1, -0.05) is 58.6 Å². The molecule has 2 aromatic carbocycles. The van der Waals surface area contributed by atoms with Crippen LogP contribution in [0.4, 0.5) is 17.6 Å². The second-order valence-electron chi connectivity index (χ2n) is 12.7. The van der Waals surface area contributed by atoms with Crippen LogP contribution in [0.25, 0.3) is 0 Å². The van der Waals surface area contributed by atoms with E-state index in [4.69, 9.17) is 14.2 Å². The van der Waals surface area contributed by atoms with E-state index in [0.29, 0.717) is 36.4 Å². The fraction of sp³-hybridized carbons (Fsp3) is 0.622. The predicted molar refractivity (Wildman–Crippen MR) is 167 cm³/mol. The molecule has 0 aliphatic heterocycles. The van der Waals surface area contributed by atoms with E-state index in [1.54, 1.807) is 12.1 Å². The van der Waals surface area contributed by atoms with Gasteiger partial charge in [-0.2, -0.15) is 13.2 Å². The van der Waals surface area contributed by atoms with Crippen molar-refractivity contribution in [1.29, 1.82) is 0 Å². The zero-order chi connectivity index (χ0) is 31.5. The Morgan fingerprint density at radius 1 is 0.614 bits per heavy atom. The number of hydrogen-bond donors (Lipinski definition) is 0. The van der Waals surface area contributed by atoms with Gasteiger partial charge in [0.2, 0.25) is 17.5 Å². The van der Waals surface area contributed by atoms with Crippen molar-refractivity contribution in [2.75, 3.05) is 13.2 Å². The minimum Gasteiger partial charge on any atom is -0.490 e. The summed E-state index contributed by atoms with van der Waals surface area (Å²) in [6, 6.07) is 6.12. The molecule has 2 aliphatic carbocycles. The summed E-state index contributed by atoms with van der Waals surface area (Å²) in [6.45, 7) is 8.94. The number of allylic oxidation sites excluding steroid dienone is 1. The van der Waals surface area contributed by atoms with Crippen LogP contribution in [-0.2, 0) is 0 Å². The highest BCUT2D eigenvalue weighted by molar-refractivity contribution is 5.36. The normalized spacial score (nSPS) is 22.0. The van der Waals surface area contributed by atoms with E-state index in [2.05, 4.69) is 13.5 Å². The summed E-state index contributed by atoms with van der Waals surface area (Å²) >= 11 is 0. The van der Waals surface area contributed by atoms with Gasteiger partial charge >= 0.3 is 0 Å². The maximum atomic E-state index is 15.1. The van der Waals surface area contributed by atoms with E-state index in [1.165, 1.54) is 18.6 Å². The van der Waals surface area contributed by atoms with Crippen LogP contribution in [0.15, 0.2) is 36.6 Å². The maximum Gasteiger partial charge on any atom is 0.205 e. The molecule has 44 heavy (non-hydrogen) atoms. The lowest BCUT2D eigenvalue weighted by molar-refractivity contribution is 0.154. The molecule has 2 aromatic rings. The van der Waals surface area contributed by atoms with Crippen molar-refractivity contribution < 1.29 is 31.8 Å². The Hall–Kier alpha value is -2.70. The molecule has 0 atom stereocenters. The molecule has 0 spiro atoms. The quantitative estimate of drug-likeness (QED) is 0.106. The van der Waals surface area contributed by atoms with Crippen LogP contribution in [0.1, 0.15) is 122 Å². The maximum absolute atomic E-state index is 15.1. The van der Waals surface area contributed by atoms with Crippen molar-refractivity contribution in [2.45, 2.75) is 116 Å². The SMILES string of the molecule is C=C(Oc1ccc(OCCCC)c(F)c1F)C1CCC(C2CCC(c3ccc(OCCCCCCC)c(F)c3F)CC2)CC1. The van der Waals surface area contributed by atoms with Crippen LogP contribution in [0.2, 0.25) is 0 Å². The highest BCUT2D eigenvalue weighted by Crippen LogP contribution is 2.46. The molecule has 0 amide bonds. The molecule has 2 aliphatic rings. The zero-order valence-corrected chi connectivity index (χ0v) is 26.6. The number of benzene rings is 2. The molecular weight excluding hydrogens is 568 g/mol. The summed E-state index contributed by atoms with van der Waals surface area (Å²) in [5, 5.41) is 0. The van der Waals surface area contributed by atoms with Crippen LogP contribution < -0.4 is 14.2 Å². The van der Waals surface area contributed by atoms with E-state index < -0.39 is 23.3 Å². The molecule has 0 unspecified atom stereocenters. The predicted octanol–water partition coefficient (Wildman–Crippen LogP) is 11.4. The topological polar surface area (TPSA) is 27.7 Å². The zero-order valence-electron chi connectivity index (χ0n) is 26.6. The van der Waals surface area contributed by atoms with E-state index in [-0.39, 0.29) is 29.1 Å². The van der Waals surface area contributed by atoms with Crippen LogP contribution in [-0.4, -0.2) is 13.2 Å². The smallest absolute Gasteiger partial charge is 0.205 e. The van der Waals surface area contributed by atoms with Crippen molar-refractivity contribution in [2.24, 2.45) is 17.8 Å². The largest absolute Gasteiger partial charge is 0.490 e. The minimum absolute atomic E-state index is 0.0130. The summed E-state index contributed by atoms with van der Waals surface area (Å²) in [5.74, 6) is -2.29. The molecule has 0 aromatic heterocycles. The van der Waals surface area contributed by atoms with Crippen LogP contribution in [0.3, 0.4) is 0 Å². The molecular formula is C37H50F4O3. The number of unbranched alkanes of at least 4 members (excludes halogenated alkanes) is 5. The molecule has 0 bridgehead atoms. The molecule has 2 fully saturated rings. The lowest BCUT2D eigenvalue weighted by Crippen LogP contribution is -2.26. The van der Waals surface area contributed by atoms with Gasteiger partial charge in [-0.15, -0.1) is 0 Å². The first-order valence-electron chi connectivity index (χ1n) is 16.9. The van der Waals surface area contributed by atoms with E-state index in [9.17, 15) is 13.2 Å². The highest BCUT2D eigenvalue weighted by atomic mass is 19.2. The lowest BCUT2D eigenvalue weighted by Gasteiger charge is -2.38. The fourth-order valence-corrected chi connectivity index (χ4v) is 6.93. The molecule has 0 radical (unpaired) electrons.